The van der Waals surface area contributed by atoms with E-state index in [-0.39, 0.29) is 42.4 Å². The number of hydrogen-bond acceptors (Lipinski definition) is 6. The fraction of sp³-hybridized carbons (Fsp3) is 0.778. The normalized spacial score (nSPS) is 16.2. The predicted molar refractivity (Wildman–Crippen MR) is 124 cm³/mol. The summed E-state index contributed by atoms with van der Waals surface area (Å²) in [5.41, 5.74) is 0.871. The number of aliphatic imine (C=N–C) groups is 1. The molecular weight excluding hydrogens is 509 g/mol. The van der Waals surface area contributed by atoms with Gasteiger partial charge in [-0.05, 0) is 34.6 Å². The number of aryl methyl sites for hydroxylation is 2. The zero-order valence-corrected chi connectivity index (χ0v) is 21.1. The molecule has 2 heterocycles. The number of piperazine rings is 1. The summed E-state index contributed by atoms with van der Waals surface area (Å²) in [5.74, 6) is 2.14. The van der Waals surface area contributed by atoms with Gasteiger partial charge in [0.15, 0.2) is 5.96 Å². The monoisotopic (exact) mass is 543 g/mol. The predicted octanol–water partition coefficient (Wildman–Crippen LogP) is 1.75. The highest BCUT2D eigenvalue weighted by Crippen LogP contribution is 2.11. The maximum Gasteiger partial charge on any atom is 0.216 e. The molecule has 1 aliphatic heterocycles. The van der Waals surface area contributed by atoms with E-state index in [1.165, 1.54) is 4.31 Å². The lowest BCUT2D eigenvalue weighted by Gasteiger charge is -2.35. The number of rotatable bonds is 8. The van der Waals surface area contributed by atoms with E-state index in [4.69, 9.17) is 9.15 Å². The van der Waals surface area contributed by atoms with E-state index < -0.39 is 10.0 Å². The van der Waals surface area contributed by atoms with Crippen LogP contribution in [0.5, 0.6) is 0 Å². The highest BCUT2D eigenvalue weighted by Gasteiger charge is 2.28. The molecule has 11 heteroatoms. The first-order chi connectivity index (χ1) is 13.2. The molecule has 1 N–H and O–H groups in total. The van der Waals surface area contributed by atoms with Crippen LogP contribution in [-0.4, -0.2) is 79.8 Å². The summed E-state index contributed by atoms with van der Waals surface area (Å²) in [4.78, 5) is 11.0. The van der Waals surface area contributed by atoms with Crippen molar-refractivity contribution in [2.45, 2.75) is 47.3 Å². The molecule has 0 bridgehead atoms. The minimum atomic E-state index is -3.30. The fourth-order valence-corrected chi connectivity index (χ4v) is 4.16. The van der Waals surface area contributed by atoms with Crippen molar-refractivity contribution < 1.29 is 17.6 Å². The minimum absolute atomic E-state index is 0. The first-order valence-electron chi connectivity index (χ1n) is 9.78. The molecule has 1 aromatic rings. The molecular formula is C18H34IN5O4S. The molecule has 0 aromatic carbocycles. The van der Waals surface area contributed by atoms with Gasteiger partial charge in [0.25, 0.3) is 0 Å². The number of ether oxygens (including phenoxy) is 1. The Labute approximate surface area is 191 Å². The first-order valence-corrected chi connectivity index (χ1v) is 11.4. The Balaban J connectivity index is 0.00000420. The lowest BCUT2D eigenvalue weighted by atomic mass is 10.4. The van der Waals surface area contributed by atoms with Crippen LogP contribution in [0, 0.1) is 13.8 Å². The minimum Gasteiger partial charge on any atom is -0.444 e. The summed E-state index contributed by atoms with van der Waals surface area (Å²) in [7, 11) is -3.30. The molecule has 0 amide bonds. The Kier molecular flexibility index (Phi) is 10.9. The highest BCUT2D eigenvalue weighted by atomic mass is 127. The van der Waals surface area contributed by atoms with E-state index in [9.17, 15) is 8.42 Å². The first kappa shape index (κ1) is 26.1. The topological polar surface area (TPSA) is 100 Å². The zero-order chi connectivity index (χ0) is 20.7. The van der Waals surface area contributed by atoms with Crippen LogP contribution in [0.4, 0.5) is 0 Å². The van der Waals surface area contributed by atoms with E-state index in [1.54, 1.807) is 0 Å². The van der Waals surface area contributed by atoms with Crippen LogP contribution in [0.1, 0.15) is 38.1 Å². The third-order valence-electron chi connectivity index (χ3n) is 4.50. The molecule has 1 saturated heterocycles. The second kappa shape index (κ2) is 12.1. The summed E-state index contributed by atoms with van der Waals surface area (Å²) < 4.78 is 37.5. The molecule has 1 aliphatic rings. The second-order valence-corrected chi connectivity index (χ2v) is 9.13. The maximum atomic E-state index is 12.5. The van der Waals surface area contributed by atoms with Crippen molar-refractivity contribution >= 4 is 40.0 Å². The van der Waals surface area contributed by atoms with Crippen molar-refractivity contribution in [1.82, 2.24) is 19.5 Å². The van der Waals surface area contributed by atoms with Crippen molar-refractivity contribution in [2.24, 2.45) is 4.99 Å². The molecule has 29 heavy (non-hydrogen) atoms. The molecule has 0 radical (unpaired) electrons. The molecule has 0 saturated carbocycles. The van der Waals surface area contributed by atoms with Gasteiger partial charge in [0.1, 0.15) is 12.3 Å². The molecule has 1 aromatic heterocycles. The Morgan fingerprint density at radius 3 is 2.45 bits per heavy atom. The number of nitrogens with one attached hydrogen (secondary N) is 1. The molecule has 0 unspecified atom stereocenters. The number of guanidine groups is 1. The summed E-state index contributed by atoms with van der Waals surface area (Å²) in [6, 6.07) is 0. The second-order valence-electron chi connectivity index (χ2n) is 7.04. The van der Waals surface area contributed by atoms with Crippen LogP contribution in [-0.2, 0) is 21.3 Å². The summed E-state index contributed by atoms with van der Waals surface area (Å²) in [6.07, 6.45) is 0.0298. The van der Waals surface area contributed by atoms with Crippen LogP contribution in [0.2, 0.25) is 0 Å². The number of oxazole rings is 1. The van der Waals surface area contributed by atoms with Gasteiger partial charge < -0.3 is 19.4 Å². The lowest BCUT2D eigenvalue weighted by molar-refractivity contribution is 0.0904. The van der Waals surface area contributed by atoms with Crippen molar-refractivity contribution in [3.63, 3.8) is 0 Å². The molecule has 9 nitrogen and oxygen atoms in total. The van der Waals surface area contributed by atoms with Crippen molar-refractivity contribution in [3.05, 3.63) is 17.3 Å². The number of nitrogens with zero attached hydrogens (tertiary/aromatic N) is 4. The van der Waals surface area contributed by atoms with Gasteiger partial charge in [-0.25, -0.2) is 18.4 Å². The van der Waals surface area contributed by atoms with E-state index in [2.05, 4.69) is 20.2 Å². The van der Waals surface area contributed by atoms with Crippen LogP contribution >= 0.6 is 24.0 Å². The third kappa shape index (κ3) is 8.02. The average Bonchev–Trinajstić information content (AvgIpc) is 2.96. The largest absolute Gasteiger partial charge is 0.444 e. The van der Waals surface area contributed by atoms with Crippen molar-refractivity contribution in [3.8, 4) is 0 Å². The van der Waals surface area contributed by atoms with Crippen LogP contribution in [0.25, 0.3) is 0 Å². The standard InChI is InChI=1S/C18H33N5O4S.HI/c1-6-19-18(20-13-17-21-15(4)16(5)27-17)22-7-9-23(10-8-22)28(24,25)12-11-26-14(2)3;/h14H,6-13H2,1-5H3,(H,19,20);1H. The quantitative estimate of drug-likeness (QED) is 0.303. The third-order valence-corrected chi connectivity index (χ3v) is 6.33. The van der Waals surface area contributed by atoms with Crippen LogP contribution < -0.4 is 5.32 Å². The summed E-state index contributed by atoms with van der Waals surface area (Å²) in [5, 5.41) is 3.26. The Bertz CT molecular complexity index is 739. The number of hydrogen-bond donors (Lipinski definition) is 1. The molecule has 0 spiro atoms. The lowest BCUT2D eigenvalue weighted by Crippen LogP contribution is -2.54. The smallest absolute Gasteiger partial charge is 0.216 e. The van der Waals surface area contributed by atoms with Gasteiger partial charge in [-0.1, -0.05) is 0 Å². The average molecular weight is 543 g/mol. The van der Waals surface area contributed by atoms with Gasteiger partial charge in [0, 0.05) is 32.7 Å². The Morgan fingerprint density at radius 2 is 1.93 bits per heavy atom. The summed E-state index contributed by atoms with van der Waals surface area (Å²) >= 11 is 0. The SMILES string of the molecule is CCNC(=NCc1nc(C)c(C)o1)N1CCN(S(=O)(=O)CCOC(C)C)CC1.I. The van der Waals surface area contributed by atoms with E-state index in [1.807, 2.05) is 34.6 Å². The van der Waals surface area contributed by atoms with Gasteiger partial charge >= 0.3 is 0 Å². The molecule has 0 aliphatic carbocycles. The number of halogens is 1. The Morgan fingerprint density at radius 1 is 1.28 bits per heavy atom. The van der Waals surface area contributed by atoms with E-state index in [0.717, 1.165) is 24.0 Å². The van der Waals surface area contributed by atoms with Gasteiger partial charge in [-0.2, -0.15) is 4.31 Å². The molecule has 168 valence electrons. The van der Waals surface area contributed by atoms with Crippen LogP contribution in [0.3, 0.4) is 0 Å². The fourth-order valence-electron chi connectivity index (χ4n) is 2.87. The zero-order valence-electron chi connectivity index (χ0n) is 18.0. The molecule has 1 fully saturated rings. The van der Waals surface area contributed by atoms with Crippen molar-refractivity contribution in [2.75, 3.05) is 45.1 Å². The van der Waals surface area contributed by atoms with Gasteiger partial charge in [0.05, 0.1) is 24.2 Å². The van der Waals surface area contributed by atoms with Gasteiger partial charge in [0.2, 0.25) is 15.9 Å². The van der Waals surface area contributed by atoms with E-state index >= 15 is 0 Å². The molecule has 0 atom stereocenters. The van der Waals surface area contributed by atoms with Crippen molar-refractivity contribution in [1.29, 1.82) is 0 Å². The summed E-state index contributed by atoms with van der Waals surface area (Å²) in [6.45, 7) is 12.9. The van der Waals surface area contributed by atoms with Gasteiger partial charge in [-0.3, -0.25) is 0 Å². The number of aromatic nitrogens is 1. The Hall–Kier alpha value is -0.920. The van der Waals surface area contributed by atoms with Crippen LogP contribution in [0.15, 0.2) is 9.41 Å². The maximum absolute atomic E-state index is 12.5. The highest BCUT2D eigenvalue weighted by molar-refractivity contribution is 14.0. The molecule has 2 rings (SSSR count). The number of sulfonamides is 1. The van der Waals surface area contributed by atoms with E-state index in [0.29, 0.717) is 38.6 Å². The van der Waals surface area contributed by atoms with Gasteiger partial charge in [-0.15, -0.1) is 24.0 Å².